The van der Waals surface area contributed by atoms with Crippen molar-refractivity contribution < 1.29 is 38.7 Å². The Bertz CT molecular complexity index is 1180. The third-order valence-electron chi connectivity index (χ3n) is 6.18. The molecule has 2 aromatic carbocycles. The van der Waals surface area contributed by atoms with E-state index in [-0.39, 0.29) is 12.4 Å². The summed E-state index contributed by atoms with van der Waals surface area (Å²) in [4.78, 5) is 13.5. The van der Waals surface area contributed by atoms with E-state index in [1.165, 1.54) is 0 Å². The summed E-state index contributed by atoms with van der Waals surface area (Å²) in [6, 6.07) is 10.6. The second kappa shape index (κ2) is 9.76. The molecule has 8 nitrogen and oxygen atoms in total. The number of carbonyl (C=O) groups excluding carboxylic acids is 1. The molecule has 1 aliphatic carbocycles. The molecule has 8 heteroatoms. The molecule has 1 heterocycles. The highest BCUT2D eigenvalue weighted by Crippen LogP contribution is 2.46. The van der Waals surface area contributed by atoms with E-state index in [4.69, 9.17) is 23.7 Å². The van der Waals surface area contributed by atoms with Crippen molar-refractivity contribution in [2.75, 3.05) is 33.5 Å². The smallest absolute Gasteiger partial charge is 0.197 e. The van der Waals surface area contributed by atoms with Crippen LogP contribution in [0.1, 0.15) is 47.5 Å². The van der Waals surface area contributed by atoms with Gasteiger partial charge in [0, 0.05) is 42.6 Å². The maximum Gasteiger partial charge on any atom is 0.197 e. The molecule has 0 amide bonds. The summed E-state index contributed by atoms with van der Waals surface area (Å²) >= 11 is 0. The van der Waals surface area contributed by atoms with Crippen LogP contribution in [-0.4, -0.2) is 66.8 Å². The number of ketones is 1. The molecule has 34 heavy (non-hydrogen) atoms. The number of hydrogen-bond donors (Lipinski definition) is 3. The first-order valence-corrected chi connectivity index (χ1v) is 11.3. The van der Waals surface area contributed by atoms with Crippen molar-refractivity contribution in [3.63, 3.8) is 0 Å². The number of benzene rings is 2. The molecule has 0 fully saturated rings. The maximum absolute atomic E-state index is 13.5. The minimum absolute atomic E-state index is 0.126. The first-order chi connectivity index (χ1) is 16.3. The lowest BCUT2D eigenvalue weighted by Crippen LogP contribution is -2.34. The van der Waals surface area contributed by atoms with E-state index in [2.05, 4.69) is 0 Å². The Kier molecular flexibility index (Phi) is 6.95. The first kappa shape index (κ1) is 24.2. The fourth-order valence-electron chi connectivity index (χ4n) is 4.23. The Morgan fingerprint density at radius 2 is 1.74 bits per heavy atom. The van der Waals surface area contributed by atoms with Crippen molar-refractivity contribution in [1.82, 2.24) is 0 Å². The molecular formula is C26H30O8. The molecule has 2 atom stereocenters. The highest BCUT2D eigenvalue weighted by Gasteiger charge is 2.41. The van der Waals surface area contributed by atoms with Crippen LogP contribution in [0.15, 0.2) is 40.8 Å². The number of carbonyl (C=O) groups is 1. The normalized spacial score (nSPS) is 16.1. The van der Waals surface area contributed by atoms with Crippen LogP contribution < -0.4 is 9.47 Å². The summed E-state index contributed by atoms with van der Waals surface area (Å²) in [5.74, 6) is 1.55. The van der Waals surface area contributed by atoms with Crippen molar-refractivity contribution >= 4 is 16.8 Å². The van der Waals surface area contributed by atoms with Gasteiger partial charge in [-0.05, 0) is 49.7 Å². The summed E-state index contributed by atoms with van der Waals surface area (Å²) in [7, 11) is 1.65. The molecule has 1 aromatic heterocycles. The van der Waals surface area contributed by atoms with Crippen LogP contribution in [0.4, 0.5) is 0 Å². The Hall–Kier alpha value is -2.91. The van der Waals surface area contributed by atoms with Crippen LogP contribution in [0, 0.1) is 0 Å². The molecule has 3 aromatic rings. The van der Waals surface area contributed by atoms with E-state index in [1.54, 1.807) is 31.4 Å². The molecule has 1 unspecified atom stereocenters. The number of aliphatic hydroxyl groups is 3. The van der Waals surface area contributed by atoms with E-state index in [9.17, 15) is 15.0 Å². The Labute approximate surface area is 197 Å². The van der Waals surface area contributed by atoms with Gasteiger partial charge in [-0.1, -0.05) is 0 Å². The lowest BCUT2D eigenvalue weighted by atomic mass is 9.71. The van der Waals surface area contributed by atoms with Crippen molar-refractivity contribution in [2.24, 2.45) is 0 Å². The number of furan rings is 1. The molecule has 1 aliphatic rings. The van der Waals surface area contributed by atoms with Gasteiger partial charge < -0.3 is 33.9 Å². The minimum atomic E-state index is -1.29. The van der Waals surface area contributed by atoms with Crippen LogP contribution >= 0.6 is 0 Å². The molecule has 4 rings (SSSR count). The van der Waals surface area contributed by atoms with Crippen LogP contribution in [-0.2, 0) is 10.2 Å². The number of rotatable bonds is 10. The van der Waals surface area contributed by atoms with Crippen molar-refractivity contribution in [3.05, 3.63) is 58.8 Å². The van der Waals surface area contributed by atoms with Gasteiger partial charge in [0.25, 0.3) is 0 Å². The van der Waals surface area contributed by atoms with Crippen LogP contribution in [0.5, 0.6) is 11.5 Å². The predicted octanol–water partition coefficient (Wildman–Crippen LogP) is 2.81. The number of ether oxygens (including phenoxy) is 3. The monoisotopic (exact) mass is 470 g/mol. The Morgan fingerprint density at radius 3 is 2.47 bits per heavy atom. The molecule has 0 aliphatic heterocycles. The van der Waals surface area contributed by atoms with E-state index < -0.39 is 24.2 Å². The number of methoxy groups -OCH3 is 1. The number of fused-ring (bicyclic) bond motifs is 4. The Morgan fingerprint density at radius 1 is 1.00 bits per heavy atom. The van der Waals surface area contributed by atoms with Gasteiger partial charge >= 0.3 is 0 Å². The molecule has 0 saturated carbocycles. The third-order valence-corrected chi connectivity index (χ3v) is 6.18. The zero-order valence-electron chi connectivity index (χ0n) is 19.5. The zero-order chi connectivity index (χ0) is 24.5. The van der Waals surface area contributed by atoms with Gasteiger partial charge in [0.1, 0.15) is 41.7 Å². The van der Waals surface area contributed by atoms with Gasteiger partial charge in [0.15, 0.2) is 5.78 Å². The van der Waals surface area contributed by atoms with Crippen molar-refractivity contribution in [3.8, 4) is 11.5 Å². The van der Waals surface area contributed by atoms with E-state index >= 15 is 0 Å². The summed E-state index contributed by atoms with van der Waals surface area (Å²) < 4.78 is 22.7. The van der Waals surface area contributed by atoms with Gasteiger partial charge in [-0.3, -0.25) is 4.79 Å². The van der Waals surface area contributed by atoms with Crippen LogP contribution in [0.25, 0.3) is 11.0 Å². The number of aliphatic hydroxyl groups excluding tert-OH is 3. The van der Waals surface area contributed by atoms with E-state index in [0.29, 0.717) is 47.2 Å². The third kappa shape index (κ3) is 4.42. The predicted molar refractivity (Wildman–Crippen MR) is 125 cm³/mol. The lowest BCUT2D eigenvalue weighted by molar-refractivity contribution is -0.0339. The van der Waals surface area contributed by atoms with Crippen LogP contribution in [0.2, 0.25) is 0 Å². The first-order valence-electron chi connectivity index (χ1n) is 11.3. The molecule has 0 saturated heterocycles. The quantitative estimate of drug-likeness (QED) is 0.387. The second-order valence-corrected chi connectivity index (χ2v) is 8.95. The van der Waals surface area contributed by atoms with Crippen molar-refractivity contribution in [2.45, 2.75) is 37.9 Å². The highest BCUT2D eigenvalue weighted by atomic mass is 16.5. The molecule has 0 radical (unpaired) electrons. The van der Waals surface area contributed by atoms with Gasteiger partial charge in [0.2, 0.25) is 0 Å². The van der Waals surface area contributed by atoms with E-state index in [1.807, 2.05) is 26.0 Å². The van der Waals surface area contributed by atoms with Gasteiger partial charge in [-0.2, -0.15) is 0 Å². The summed E-state index contributed by atoms with van der Waals surface area (Å²) in [5.41, 5.74) is 1.81. The number of hydrogen-bond acceptors (Lipinski definition) is 8. The average Bonchev–Trinajstić information content (AvgIpc) is 3.23. The van der Waals surface area contributed by atoms with Gasteiger partial charge in [-0.15, -0.1) is 0 Å². The molecule has 182 valence electrons. The standard InChI is InChI=1S/C26H30O8/c1-26(2)19-11-15(33-14-21(29)20(28)13-27)5-7-17(19)24(30)23-18-8-6-16(32-10-4-9-31-3)12-22(18)34-25(23)26/h5-8,11-12,20-21,27-29H,4,9-10,13-14H2,1-3H3/t20?,21-/m1/s1. The Balaban J connectivity index is 1.64. The van der Waals surface area contributed by atoms with E-state index in [0.717, 1.165) is 17.4 Å². The maximum atomic E-state index is 13.5. The van der Waals surface area contributed by atoms with Gasteiger partial charge in [0.05, 0.1) is 18.8 Å². The fourth-order valence-corrected chi connectivity index (χ4v) is 4.23. The molecule has 3 N–H and O–H groups in total. The SMILES string of the molecule is COCCCOc1ccc2c3c(oc2c1)C(C)(C)c1cc(OC[C@@H](O)C(O)CO)ccc1C3=O. The highest BCUT2D eigenvalue weighted by molar-refractivity contribution is 6.19. The molecule has 0 bridgehead atoms. The molecular weight excluding hydrogens is 440 g/mol. The molecule has 0 spiro atoms. The summed E-state index contributed by atoms with van der Waals surface area (Å²) in [5, 5.41) is 29.1. The van der Waals surface area contributed by atoms with Crippen LogP contribution in [0.3, 0.4) is 0 Å². The summed E-state index contributed by atoms with van der Waals surface area (Å²) in [6.45, 7) is 4.34. The lowest BCUT2D eigenvalue weighted by Gasteiger charge is -2.31. The van der Waals surface area contributed by atoms with Crippen molar-refractivity contribution in [1.29, 1.82) is 0 Å². The average molecular weight is 471 g/mol. The summed E-state index contributed by atoms with van der Waals surface area (Å²) in [6.07, 6.45) is -1.75. The van der Waals surface area contributed by atoms with Gasteiger partial charge in [-0.25, -0.2) is 0 Å². The topological polar surface area (TPSA) is 119 Å². The largest absolute Gasteiger partial charge is 0.493 e. The fraction of sp³-hybridized carbons (Fsp3) is 0.423. The zero-order valence-corrected chi connectivity index (χ0v) is 19.5. The second-order valence-electron chi connectivity index (χ2n) is 8.95. The minimum Gasteiger partial charge on any atom is -0.493 e.